The SMILES string of the molecule is Cc1ccc(-c2nc3ccc(C(F)(F)F)cc3[nH]2)s1. The van der Waals surface area contributed by atoms with E-state index in [2.05, 4.69) is 9.97 Å². The molecule has 0 atom stereocenters. The second-order valence-corrected chi connectivity index (χ2v) is 5.51. The number of nitrogens with zero attached hydrogens (tertiary/aromatic N) is 1. The van der Waals surface area contributed by atoms with E-state index in [0.29, 0.717) is 16.9 Å². The third-order valence-electron chi connectivity index (χ3n) is 2.78. The van der Waals surface area contributed by atoms with Gasteiger partial charge in [-0.25, -0.2) is 4.98 Å². The lowest BCUT2D eigenvalue weighted by molar-refractivity contribution is -0.137. The molecule has 1 N–H and O–H groups in total. The van der Waals surface area contributed by atoms with Crippen molar-refractivity contribution < 1.29 is 13.2 Å². The molecule has 0 unspecified atom stereocenters. The van der Waals surface area contributed by atoms with Gasteiger partial charge in [0.05, 0.1) is 21.5 Å². The van der Waals surface area contributed by atoms with Gasteiger partial charge in [-0.1, -0.05) is 0 Å². The molecule has 0 fully saturated rings. The van der Waals surface area contributed by atoms with Gasteiger partial charge in [0.1, 0.15) is 5.82 Å². The molecule has 0 aliphatic rings. The molecule has 0 bridgehead atoms. The van der Waals surface area contributed by atoms with E-state index in [0.717, 1.165) is 21.9 Å². The second-order valence-electron chi connectivity index (χ2n) is 4.23. The van der Waals surface area contributed by atoms with Crippen molar-refractivity contribution in [3.8, 4) is 10.7 Å². The first-order valence-corrected chi connectivity index (χ1v) is 6.39. The summed E-state index contributed by atoms with van der Waals surface area (Å²) < 4.78 is 37.8. The maximum absolute atomic E-state index is 12.6. The number of fused-ring (bicyclic) bond motifs is 1. The number of aromatic amines is 1. The van der Waals surface area contributed by atoms with E-state index in [1.165, 1.54) is 6.07 Å². The highest BCUT2D eigenvalue weighted by atomic mass is 32.1. The van der Waals surface area contributed by atoms with E-state index < -0.39 is 11.7 Å². The average molecular weight is 282 g/mol. The smallest absolute Gasteiger partial charge is 0.337 e. The van der Waals surface area contributed by atoms with Crippen LogP contribution in [0.2, 0.25) is 0 Å². The van der Waals surface area contributed by atoms with Crippen LogP contribution in [0.1, 0.15) is 10.4 Å². The maximum Gasteiger partial charge on any atom is 0.416 e. The fourth-order valence-electron chi connectivity index (χ4n) is 1.86. The summed E-state index contributed by atoms with van der Waals surface area (Å²) >= 11 is 1.55. The Bertz CT molecular complexity index is 740. The van der Waals surface area contributed by atoms with Crippen LogP contribution in [0.4, 0.5) is 13.2 Å². The molecule has 0 aliphatic heterocycles. The van der Waals surface area contributed by atoms with Crippen LogP contribution in [0.25, 0.3) is 21.7 Å². The van der Waals surface area contributed by atoms with Crippen molar-refractivity contribution in [3.05, 3.63) is 40.8 Å². The van der Waals surface area contributed by atoms with Crippen molar-refractivity contribution in [1.29, 1.82) is 0 Å². The average Bonchev–Trinajstić information content (AvgIpc) is 2.92. The number of hydrogen-bond acceptors (Lipinski definition) is 2. The lowest BCUT2D eigenvalue weighted by Gasteiger charge is -2.05. The van der Waals surface area contributed by atoms with Gasteiger partial charge in [0, 0.05) is 4.88 Å². The molecule has 3 rings (SSSR count). The maximum atomic E-state index is 12.6. The van der Waals surface area contributed by atoms with Gasteiger partial charge in [-0.05, 0) is 37.3 Å². The van der Waals surface area contributed by atoms with Crippen LogP contribution in [-0.4, -0.2) is 9.97 Å². The fourth-order valence-corrected chi connectivity index (χ4v) is 2.68. The summed E-state index contributed by atoms with van der Waals surface area (Å²) in [4.78, 5) is 9.29. The Hall–Kier alpha value is -1.82. The quantitative estimate of drug-likeness (QED) is 0.693. The highest BCUT2D eigenvalue weighted by Crippen LogP contribution is 2.32. The Kier molecular flexibility index (Phi) is 2.63. The minimum Gasteiger partial charge on any atom is -0.337 e. The van der Waals surface area contributed by atoms with E-state index in [4.69, 9.17) is 0 Å². The van der Waals surface area contributed by atoms with Crippen LogP contribution in [0.5, 0.6) is 0 Å². The molecular formula is C13H9F3N2S. The molecule has 0 aliphatic carbocycles. The first-order valence-electron chi connectivity index (χ1n) is 5.57. The summed E-state index contributed by atoms with van der Waals surface area (Å²) in [5.74, 6) is 0.604. The van der Waals surface area contributed by atoms with Gasteiger partial charge in [0.2, 0.25) is 0 Å². The number of nitrogens with one attached hydrogen (secondary N) is 1. The predicted octanol–water partition coefficient (Wildman–Crippen LogP) is 4.62. The summed E-state index contributed by atoms with van der Waals surface area (Å²) in [5.41, 5.74) is 0.266. The number of imidazole rings is 1. The molecule has 98 valence electrons. The van der Waals surface area contributed by atoms with Gasteiger partial charge in [0.15, 0.2) is 0 Å². The van der Waals surface area contributed by atoms with E-state index in [-0.39, 0.29) is 0 Å². The Morgan fingerprint density at radius 3 is 2.58 bits per heavy atom. The normalized spacial score (nSPS) is 12.2. The van der Waals surface area contributed by atoms with Crippen molar-refractivity contribution in [2.75, 3.05) is 0 Å². The summed E-state index contributed by atoms with van der Waals surface area (Å²) in [5, 5.41) is 0. The zero-order valence-corrected chi connectivity index (χ0v) is 10.7. The van der Waals surface area contributed by atoms with Gasteiger partial charge in [-0.3, -0.25) is 0 Å². The van der Waals surface area contributed by atoms with Crippen LogP contribution >= 0.6 is 11.3 Å². The van der Waals surface area contributed by atoms with Gasteiger partial charge >= 0.3 is 6.18 Å². The molecule has 0 saturated heterocycles. The first kappa shape index (κ1) is 12.2. The third-order valence-corrected chi connectivity index (χ3v) is 3.79. The number of halogens is 3. The molecule has 0 spiro atoms. The first-order chi connectivity index (χ1) is 8.93. The van der Waals surface area contributed by atoms with Crippen molar-refractivity contribution in [2.24, 2.45) is 0 Å². The topological polar surface area (TPSA) is 28.7 Å². The molecule has 2 heterocycles. The van der Waals surface area contributed by atoms with Gasteiger partial charge in [-0.2, -0.15) is 13.2 Å². The third kappa shape index (κ3) is 2.23. The molecule has 0 saturated carbocycles. The van der Waals surface area contributed by atoms with E-state index in [9.17, 15) is 13.2 Å². The summed E-state index contributed by atoms with van der Waals surface area (Å²) in [7, 11) is 0. The Labute approximate surface area is 110 Å². The number of rotatable bonds is 1. The molecule has 0 radical (unpaired) electrons. The Balaban J connectivity index is 2.11. The monoisotopic (exact) mass is 282 g/mol. The molecule has 1 aromatic carbocycles. The van der Waals surface area contributed by atoms with Gasteiger partial charge in [-0.15, -0.1) is 11.3 Å². The highest BCUT2D eigenvalue weighted by molar-refractivity contribution is 7.15. The molecule has 3 aromatic rings. The molecule has 6 heteroatoms. The summed E-state index contributed by atoms with van der Waals surface area (Å²) in [6.45, 7) is 1.97. The number of aromatic nitrogens is 2. The van der Waals surface area contributed by atoms with Crippen molar-refractivity contribution in [3.63, 3.8) is 0 Å². The van der Waals surface area contributed by atoms with Crippen molar-refractivity contribution in [2.45, 2.75) is 13.1 Å². The van der Waals surface area contributed by atoms with E-state index in [1.807, 2.05) is 19.1 Å². The lowest BCUT2D eigenvalue weighted by Crippen LogP contribution is -2.04. The highest BCUT2D eigenvalue weighted by Gasteiger charge is 2.30. The summed E-state index contributed by atoms with van der Waals surface area (Å²) in [6, 6.07) is 7.38. The van der Waals surface area contributed by atoms with E-state index >= 15 is 0 Å². The standard InChI is InChI=1S/C13H9F3N2S/c1-7-2-5-11(19-7)12-17-9-4-3-8(13(14,15)16)6-10(9)18-12/h2-6H,1H3,(H,17,18). The number of H-pyrrole nitrogens is 1. The molecule has 2 nitrogen and oxygen atoms in total. The molecule has 2 aromatic heterocycles. The number of aryl methyl sites for hydroxylation is 1. The molecule has 0 amide bonds. The number of benzene rings is 1. The second kappa shape index (κ2) is 4.09. The molecular weight excluding hydrogens is 273 g/mol. The van der Waals surface area contributed by atoms with Crippen LogP contribution in [0, 0.1) is 6.92 Å². The van der Waals surface area contributed by atoms with Crippen LogP contribution in [-0.2, 0) is 6.18 Å². The van der Waals surface area contributed by atoms with Crippen molar-refractivity contribution in [1.82, 2.24) is 9.97 Å². The minimum absolute atomic E-state index is 0.399. The summed E-state index contributed by atoms with van der Waals surface area (Å²) in [6.07, 6.45) is -4.33. The Morgan fingerprint density at radius 2 is 1.95 bits per heavy atom. The zero-order valence-electron chi connectivity index (χ0n) is 9.88. The zero-order chi connectivity index (χ0) is 13.6. The molecule has 19 heavy (non-hydrogen) atoms. The van der Waals surface area contributed by atoms with Gasteiger partial charge in [0.25, 0.3) is 0 Å². The number of hydrogen-bond donors (Lipinski definition) is 1. The fraction of sp³-hybridized carbons (Fsp3) is 0.154. The minimum atomic E-state index is -4.33. The number of thiophene rings is 1. The largest absolute Gasteiger partial charge is 0.416 e. The van der Waals surface area contributed by atoms with Gasteiger partial charge < -0.3 is 4.98 Å². The Morgan fingerprint density at radius 1 is 1.16 bits per heavy atom. The van der Waals surface area contributed by atoms with Crippen LogP contribution in [0.15, 0.2) is 30.3 Å². The lowest BCUT2D eigenvalue weighted by atomic mass is 10.2. The predicted molar refractivity (Wildman–Crippen MR) is 69.1 cm³/mol. The number of alkyl halides is 3. The van der Waals surface area contributed by atoms with Crippen LogP contribution < -0.4 is 0 Å². The van der Waals surface area contributed by atoms with E-state index in [1.54, 1.807) is 11.3 Å². The van der Waals surface area contributed by atoms with Crippen LogP contribution in [0.3, 0.4) is 0 Å². The van der Waals surface area contributed by atoms with Crippen molar-refractivity contribution >= 4 is 22.4 Å².